The highest BCUT2D eigenvalue weighted by atomic mass is 35.5. The molecule has 0 unspecified atom stereocenters. The maximum absolute atomic E-state index is 13.1. The molecule has 3 aromatic rings. The fraction of sp³-hybridized carbons (Fsp3) is 0.273. The third-order valence-corrected chi connectivity index (χ3v) is 5.46. The number of anilines is 1. The molecule has 1 saturated heterocycles. The van der Waals surface area contributed by atoms with Gasteiger partial charge in [0, 0.05) is 5.92 Å². The molecule has 0 aliphatic carbocycles. The number of nitrogens with one attached hydrogen (secondary N) is 2. The lowest BCUT2D eigenvalue weighted by molar-refractivity contribution is 0.102. The number of amides is 1. The number of benzene rings is 2. The van der Waals surface area contributed by atoms with E-state index < -0.39 is 0 Å². The van der Waals surface area contributed by atoms with Crippen molar-refractivity contribution in [2.24, 2.45) is 0 Å². The van der Waals surface area contributed by atoms with Crippen LogP contribution >= 0.6 is 24.0 Å². The Hall–Kier alpha value is -2.34. The lowest BCUT2D eigenvalue weighted by Gasteiger charge is -2.24. The molecule has 0 spiro atoms. The highest BCUT2D eigenvalue weighted by Gasteiger charge is 2.27. The van der Waals surface area contributed by atoms with Gasteiger partial charge >= 0.3 is 0 Å². The van der Waals surface area contributed by atoms with E-state index >= 15 is 0 Å². The van der Waals surface area contributed by atoms with Crippen LogP contribution in [0.3, 0.4) is 0 Å². The van der Waals surface area contributed by atoms with Crippen molar-refractivity contribution in [3.63, 3.8) is 0 Å². The molecule has 1 aromatic heterocycles. The quantitative estimate of drug-likeness (QED) is 0.613. The van der Waals surface area contributed by atoms with Crippen molar-refractivity contribution in [3.8, 4) is 5.69 Å². The summed E-state index contributed by atoms with van der Waals surface area (Å²) >= 11 is 6.31. The first-order valence-electron chi connectivity index (χ1n) is 9.55. The van der Waals surface area contributed by atoms with Crippen molar-refractivity contribution in [3.05, 3.63) is 76.6 Å². The Balaban J connectivity index is 0.00000240. The van der Waals surface area contributed by atoms with E-state index in [2.05, 4.69) is 15.7 Å². The summed E-state index contributed by atoms with van der Waals surface area (Å²) in [6, 6.07) is 15.6. The Morgan fingerprint density at radius 3 is 2.59 bits per heavy atom. The smallest absolute Gasteiger partial charge is 0.259 e. The van der Waals surface area contributed by atoms with E-state index in [-0.39, 0.29) is 24.2 Å². The zero-order valence-electron chi connectivity index (χ0n) is 16.2. The molecule has 1 aliphatic rings. The molecule has 4 rings (SSSR count). The number of aromatic nitrogens is 2. The molecule has 1 aliphatic heterocycles. The fourth-order valence-electron chi connectivity index (χ4n) is 3.71. The lowest BCUT2D eigenvalue weighted by Crippen LogP contribution is -2.29. The molecule has 0 saturated carbocycles. The number of rotatable bonds is 4. The first kappa shape index (κ1) is 21.4. The van der Waals surface area contributed by atoms with E-state index in [0.717, 1.165) is 42.9 Å². The number of nitrogens with zero attached hydrogens (tertiary/aromatic N) is 2. The molecule has 1 fully saturated rings. The van der Waals surface area contributed by atoms with Gasteiger partial charge in [0.25, 0.3) is 5.91 Å². The fourth-order valence-corrected chi connectivity index (χ4v) is 3.99. The molecule has 0 atom stereocenters. The molecule has 0 bridgehead atoms. The number of para-hydroxylation sites is 1. The van der Waals surface area contributed by atoms with Gasteiger partial charge in [-0.1, -0.05) is 35.9 Å². The first-order valence-corrected chi connectivity index (χ1v) is 9.93. The Morgan fingerprint density at radius 2 is 1.90 bits per heavy atom. The number of carbonyl (C=O) groups excluding carboxylic acids is 1. The summed E-state index contributed by atoms with van der Waals surface area (Å²) in [5, 5.41) is 11.4. The highest BCUT2D eigenvalue weighted by molar-refractivity contribution is 6.34. The Bertz CT molecular complexity index is 982. The van der Waals surface area contributed by atoms with Gasteiger partial charge in [0.1, 0.15) is 0 Å². The van der Waals surface area contributed by atoms with Crippen LogP contribution in [0.1, 0.15) is 40.4 Å². The number of piperidine rings is 1. The lowest BCUT2D eigenvalue weighted by atomic mass is 9.91. The molecular formula is C22H24Cl2N4O. The summed E-state index contributed by atoms with van der Waals surface area (Å²) < 4.78 is 1.90. The number of hydrogen-bond donors (Lipinski definition) is 2. The second kappa shape index (κ2) is 9.44. The maximum Gasteiger partial charge on any atom is 0.259 e. The normalized spacial score (nSPS) is 14.3. The zero-order valence-corrected chi connectivity index (χ0v) is 17.8. The van der Waals surface area contributed by atoms with Crippen molar-refractivity contribution in [1.29, 1.82) is 0 Å². The van der Waals surface area contributed by atoms with Crippen LogP contribution in [-0.4, -0.2) is 28.8 Å². The second-order valence-electron chi connectivity index (χ2n) is 7.15. The molecule has 5 nitrogen and oxygen atoms in total. The van der Waals surface area contributed by atoms with Crippen molar-refractivity contribution in [1.82, 2.24) is 15.1 Å². The predicted octanol–water partition coefficient (Wildman–Crippen LogP) is 4.98. The summed E-state index contributed by atoms with van der Waals surface area (Å²) in [7, 11) is 0. The topological polar surface area (TPSA) is 59.0 Å². The van der Waals surface area contributed by atoms with Gasteiger partial charge in [-0.25, -0.2) is 4.68 Å². The second-order valence-corrected chi connectivity index (χ2v) is 7.56. The summed E-state index contributed by atoms with van der Waals surface area (Å²) in [5.41, 5.74) is 4.19. The number of aryl methyl sites for hydroxylation is 1. The van der Waals surface area contributed by atoms with Crippen LogP contribution in [0, 0.1) is 6.92 Å². The SMILES string of the molecule is Cc1ccc(NC(=O)c2cnn(-c3ccccc3)c2C2CCNCC2)c(Cl)c1.Cl. The maximum atomic E-state index is 13.1. The Labute approximate surface area is 181 Å². The monoisotopic (exact) mass is 430 g/mol. The van der Waals surface area contributed by atoms with Gasteiger partial charge in [0.15, 0.2) is 0 Å². The summed E-state index contributed by atoms with van der Waals surface area (Å²) in [6.07, 6.45) is 3.62. The van der Waals surface area contributed by atoms with Gasteiger partial charge in [-0.2, -0.15) is 5.10 Å². The van der Waals surface area contributed by atoms with Crippen LogP contribution in [0.2, 0.25) is 5.02 Å². The van der Waals surface area contributed by atoms with Gasteiger partial charge in [-0.05, 0) is 62.7 Å². The molecule has 2 aromatic carbocycles. The summed E-state index contributed by atoms with van der Waals surface area (Å²) in [4.78, 5) is 13.1. The minimum Gasteiger partial charge on any atom is -0.321 e. The third-order valence-electron chi connectivity index (χ3n) is 5.15. The van der Waals surface area contributed by atoms with E-state index in [4.69, 9.17) is 11.6 Å². The van der Waals surface area contributed by atoms with Gasteiger partial charge < -0.3 is 10.6 Å². The van der Waals surface area contributed by atoms with E-state index in [1.165, 1.54) is 0 Å². The Kier molecular flexibility index (Phi) is 6.96. The third kappa shape index (κ3) is 4.64. The van der Waals surface area contributed by atoms with E-state index in [9.17, 15) is 4.79 Å². The van der Waals surface area contributed by atoms with E-state index in [0.29, 0.717) is 16.3 Å². The average Bonchev–Trinajstić information content (AvgIpc) is 3.17. The average molecular weight is 431 g/mol. The van der Waals surface area contributed by atoms with Crippen LogP contribution in [-0.2, 0) is 0 Å². The summed E-state index contributed by atoms with van der Waals surface area (Å²) in [5.74, 6) is 0.0969. The Morgan fingerprint density at radius 1 is 1.17 bits per heavy atom. The van der Waals surface area contributed by atoms with Crippen LogP contribution in [0.15, 0.2) is 54.7 Å². The van der Waals surface area contributed by atoms with Crippen molar-refractivity contribution in [2.75, 3.05) is 18.4 Å². The minimum atomic E-state index is -0.179. The molecule has 152 valence electrons. The largest absolute Gasteiger partial charge is 0.321 e. The van der Waals surface area contributed by atoms with Crippen LogP contribution in [0.25, 0.3) is 5.69 Å². The van der Waals surface area contributed by atoms with Crippen molar-refractivity contribution in [2.45, 2.75) is 25.7 Å². The highest BCUT2D eigenvalue weighted by Crippen LogP contribution is 2.31. The molecule has 1 amide bonds. The molecule has 2 N–H and O–H groups in total. The van der Waals surface area contributed by atoms with Gasteiger partial charge in [-0.15, -0.1) is 12.4 Å². The number of hydrogen-bond acceptors (Lipinski definition) is 3. The minimum absolute atomic E-state index is 0. The van der Waals surface area contributed by atoms with Crippen LogP contribution in [0.4, 0.5) is 5.69 Å². The molecule has 7 heteroatoms. The number of halogens is 2. The van der Waals surface area contributed by atoms with Crippen molar-refractivity contribution < 1.29 is 4.79 Å². The number of carbonyl (C=O) groups is 1. The molecular weight excluding hydrogens is 407 g/mol. The van der Waals surface area contributed by atoms with Gasteiger partial charge in [-0.3, -0.25) is 4.79 Å². The standard InChI is InChI=1S/C22H23ClN4O.ClH/c1-15-7-8-20(19(23)13-15)26-22(28)18-14-25-27(17-5-3-2-4-6-17)21(18)16-9-11-24-12-10-16;/h2-8,13-14,16,24H,9-12H2,1H3,(H,26,28);1H. The zero-order chi connectivity index (χ0) is 19.5. The van der Waals surface area contributed by atoms with E-state index in [1.54, 1.807) is 6.20 Å². The predicted molar refractivity (Wildman–Crippen MR) is 120 cm³/mol. The van der Waals surface area contributed by atoms with Crippen LogP contribution < -0.4 is 10.6 Å². The molecule has 29 heavy (non-hydrogen) atoms. The van der Waals surface area contributed by atoms with E-state index in [1.807, 2.05) is 60.1 Å². The molecule has 0 radical (unpaired) electrons. The first-order chi connectivity index (χ1) is 13.6. The molecule has 2 heterocycles. The van der Waals surface area contributed by atoms with Gasteiger partial charge in [0.2, 0.25) is 0 Å². The summed E-state index contributed by atoms with van der Waals surface area (Å²) in [6.45, 7) is 3.85. The van der Waals surface area contributed by atoms with Crippen LogP contribution in [0.5, 0.6) is 0 Å². The van der Waals surface area contributed by atoms with Gasteiger partial charge in [0.05, 0.1) is 33.9 Å². The van der Waals surface area contributed by atoms with Crippen molar-refractivity contribution >= 4 is 35.6 Å².